The Labute approximate surface area is 185 Å². The van der Waals surface area contributed by atoms with Gasteiger partial charge in [-0.2, -0.15) is 0 Å². The van der Waals surface area contributed by atoms with Gasteiger partial charge in [-0.15, -0.1) is 0 Å². The normalized spacial score (nSPS) is 17.1. The van der Waals surface area contributed by atoms with Crippen molar-refractivity contribution >= 4 is 35.0 Å². The van der Waals surface area contributed by atoms with Gasteiger partial charge in [0.15, 0.2) is 6.10 Å². The molecule has 2 aliphatic heterocycles. The van der Waals surface area contributed by atoms with Gasteiger partial charge in [0.1, 0.15) is 5.75 Å². The number of fused-ring (bicyclic) bond motifs is 2. The SMILES string of the molecule is C=C(C)CN1C(=O)C(C)Oc2cc(NC(=O)CCN3C(=O)c4ccccc4C3=O)ccc21. The van der Waals surface area contributed by atoms with Crippen molar-refractivity contribution < 1.29 is 23.9 Å². The Balaban J connectivity index is 1.42. The quantitative estimate of drug-likeness (QED) is 0.558. The van der Waals surface area contributed by atoms with Crippen LogP contribution in [-0.2, 0) is 9.59 Å². The fraction of sp³-hybridized carbons (Fsp3) is 0.250. The Hall–Kier alpha value is -3.94. The zero-order valence-corrected chi connectivity index (χ0v) is 17.9. The number of anilines is 2. The topological polar surface area (TPSA) is 96.0 Å². The molecule has 0 aromatic heterocycles. The van der Waals surface area contributed by atoms with Crippen molar-refractivity contribution in [2.45, 2.75) is 26.4 Å². The lowest BCUT2D eigenvalue weighted by molar-refractivity contribution is -0.125. The Morgan fingerprint density at radius 2 is 1.72 bits per heavy atom. The molecule has 2 aromatic carbocycles. The molecule has 8 heteroatoms. The zero-order valence-electron chi connectivity index (χ0n) is 17.9. The van der Waals surface area contributed by atoms with E-state index in [1.165, 1.54) is 0 Å². The highest BCUT2D eigenvalue weighted by molar-refractivity contribution is 6.21. The van der Waals surface area contributed by atoms with Gasteiger partial charge >= 0.3 is 0 Å². The molecule has 0 fully saturated rings. The van der Waals surface area contributed by atoms with Gasteiger partial charge in [-0.25, -0.2) is 0 Å². The second kappa shape index (κ2) is 8.30. The average Bonchev–Trinajstić information content (AvgIpc) is 3.00. The van der Waals surface area contributed by atoms with E-state index >= 15 is 0 Å². The predicted octanol–water partition coefficient (Wildman–Crippen LogP) is 3.00. The summed E-state index contributed by atoms with van der Waals surface area (Å²) in [7, 11) is 0. The Morgan fingerprint density at radius 1 is 1.06 bits per heavy atom. The third-order valence-corrected chi connectivity index (χ3v) is 5.32. The summed E-state index contributed by atoms with van der Waals surface area (Å²) in [5.41, 5.74) is 2.65. The van der Waals surface area contributed by atoms with Crippen LogP contribution >= 0.6 is 0 Å². The van der Waals surface area contributed by atoms with Crippen LogP contribution in [-0.4, -0.2) is 47.7 Å². The summed E-state index contributed by atoms with van der Waals surface area (Å²) in [6.45, 7) is 7.75. The fourth-order valence-electron chi connectivity index (χ4n) is 3.80. The molecule has 0 spiro atoms. The molecule has 1 N–H and O–H groups in total. The summed E-state index contributed by atoms with van der Waals surface area (Å²) in [6, 6.07) is 11.6. The van der Waals surface area contributed by atoms with E-state index < -0.39 is 17.9 Å². The molecular weight excluding hydrogens is 410 g/mol. The van der Waals surface area contributed by atoms with Crippen LogP contribution in [0.2, 0.25) is 0 Å². The molecule has 0 radical (unpaired) electrons. The van der Waals surface area contributed by atoms with Crippen molar-refractivity contribution in [2.75, 3.05) is 23.3 Å². The number of carbonyl (C=O) groups excluding carboxylic acids is 4. The number of amides is 4. The second-order valence-corrected chi connectivity index (χ2v) is 7.93. The van der Waals surface area contributed by atoms with Crippen LogP contribution in [0.15, 0.2) is 54.6 Å². The Morgan fingerprint density at radius 3 is 2.34 bits per heavy atom. The van der Waals surface area contributed by atoms with Crippen molar-refractivity contribution in [3.05, 3.63) is 65.7 Å². The van der Waals surface area contributed by atoms with Crippen molar-refractivity contribution in [2.24, 2.45) is 0 Å². The second-order valence-electron chi connectivity index (χ2n) is 7.93. The number of imide groups is 1. The van der Waals surface area contributed by atoms with Gasteiger partial charge < -0.3 is 15.0 Å². The Kier molecular flexibility index (Phi) is 5.52. The van der Waals surface area contributed by atoms with Crippen LogP contribution in [0.1, 0.15) is 41.0 Å². The first-order valence-electron chi connectivity index (χ1n) is 10.3. The largest absolute Gasteiger partial charge is 0.479 e. The third kappa shape index (κ3) is 3.87. The number of ether oxygens (including phenoxy) is 1. The lowest BCUT2D eigenvalue weighted by Crippen LogP contribution is -2.45. The molecule has 4 amide bonds. The maximum atomic E-state index is 12.5. The van der Waals surface area contributed by atoms with Crippen LogP contribution in [0.5, 0.6) is 5.75 Å². The van der Waals surface area contributed by atoms with Gasteiger partial charge in [-0.3, -0.25) is 24.1 Å². The lowest BCUT2D eigenvalue weighted by Gasteiger charge is -2.33. The molecule has 0 bridgehead atoms. The van der Waals surface area contributed by atoms with E-state index in [2.05, 4.69) is 11.9 Å². The van der Waals surface area contributed by atoms with E-state index in [0.717, 1.165) is 10.5 Å². The number of hydrogen-bond acceptors (Lipinski definition) is 5. The highest BCUT2D eigenvalue weighted by Crippen LogP contribution is 2.36. The average molecular weight is 433 g/mol. The minimum atomic E-state index is -0.651. The van der Waals surface area contributed by atoms with Crippen LogP contribution in [0.3, 0.4) is 0 Å². The molecule has 2 aliphatic rings. The first-order chi connectivity index (χ1) is 15.3. The van der Waals surface area contributed by atoms with Crippen molar-refractivity contribution in [1.29, 1.82) is 0 Å². The van der Waals surface area contributed by atoms with E-state index in [-0.39, 0.29) is 24.8 Å². The molecule has 0 saturated carbocycles. The highest BCUT2D eigenvalue weighted by atomic mass is 16.5. The van der Waals surface area contributed by atoms with Crippen molar-refractivity contribution in [3.63, 3.8) is 0 Å². The predicted molar refractivity (Wildman–Crippen MR) is 119 cm³/mol. The zero-order chi connectivity index (χ0) is 23.0. The third-order valence-electron chi connectivity index (χ3n) is 5.32. The van der Waals surface area contributed by atoms with E-state index in [4.69, 9.17) is 4.74 Å². The molecule has 4 rings (SSSR count). The molecule has 0 saturated heterocycles. The minimum absolute atomic E-state index is 0.0163. The molecule has 164 valence electrons. The van der Waals surface area contributed by atoms with Gasteiger partial charge in [-0.05, 0) is 38.1 Å². The number of benzene rings is 2. The summed E-state index contributed by atoms with van der Waals surface area (Å²) in [4.78, 5) is 52.5. The van der Waals surface area contributed by atoms with Gasteiger partial charge in [0.2, 0.25) is 5.91 Å². The van der Waals surface area contributed by atoms with E-state index in [0.29, 0.717) is 34.8 Å². The standard InChI is InChI=1S/C24H23N3O5/c1-14(2)13-27-19-9-8-16(12-20(19)32-15(3)22(27)29)25-21(28)10-11-26-23(30)17-6-4-5-7-18(17)24(26)31/h4-9,12,15H,1,10-11,13H2,2-3H3,(H,25,28). The molecule has 1 unspecified atom stereocenters. The van der Waals surface area contributed by atoms with Gasteiger partial charge in [0.05, 0.1) is 16.8 Å². The summed E-state index contributed by atoms with van der Waals surface area (Å²) < 4.78 is 5.71. The van der Waals surface area contributed by atoms with E-state index in [1.54, 1.807) is 54.3 Å². The van der Waals surface area contributed by atoms with Crippen LogP contribution in [0.25, 0.3) is 0 Å². The molecule has 2 heterocycles. The van der Waals surface area contributed by atoms with Crippen LogP contribution in [0.4, 0.5) is 11.4 Å². The van der Waals surface area contributed by atoms with Crippen LogP contribution in [0, 0.1) is 0 Å². The molecule has 8 nitrogen and oxygen atoms in total. The first kappa shape index (κ1) is 21.3. The van der Waals surface area contributed by atoms with E-state index in [9.17, 15) is 19.2 Å². The maximum Gasteiger partial charge on any atom is 0.268 e. The smallest absolute Gasteiger partial charge is 0.268 e. The first-order valence-corrected chi connectivity index (χ1v) is 10.3. The molecule has 32 heavy (non-hydrogen) atoms. The maximum absolute atomic E-state index is 12.5. The number of carbonyl (C=O) groups is 4. The lowest BCUT2D eigenvalue weighted by atomic mass is 10.1. The number of nitrogens with one attached hydrogen (secondary N) is 1. The summed E-state index contributed by atoms with van der Waals surface area (Å²) >= 11 is 0. The Bertz CT molecular complexity index is 1120. The molecular formula is C24H23N3O5. The summed E-state index contributed by atoms with van der Waals surface area (Å²) in [6.07, 6.45) is -0.693. The summed E-state index contributed by atoms with van der Waals surface area (Å²) in [5.74, 6) is -0.802. The monoisotopic (exact) mass is 433 g/mol. The highest BCUT2D eigenvalue weighted by Gasteiger charge is 2.35. The summed E-state index contributed by atoms with van der Waals surface area (Å²) in [5, 5.41) is 2.76. The van der Waals surface area contributed by atoms with Gasteiger partial charge in [-0.1, -0.05) is 24.3 Å². The number of nitrogens with zero attached hydrogens (tertiary/aromatic N) is 2. The molecule has 2 aromatic rings. The van der Waals surface area contributed by atoms with Gasteiger partial charge in [0.25, 0.3) is 17.7 Å². The van der Waals surface area contributed by atoms with Crippen molar-refractivity contribution in [3.8, 4) is 5.75 Å². The van der Waals surface area contributed by atoms with Crippen LogP contribution < -0.4 is 15.0 Å². The number of rotatable bonds is 6. The fourth-order valence-corrected chi connectivity index (χ4v) is 3.80. The molecule has 1 atom stereocenters. The van der Waals surface area contributed by atoms with Gasteiger partial charge in [0, 0.05) is 31.3 Å². The number of hydrogen-bond donors (Lipinski definition) is 1. The van der Waals surface area contributed by atoms with Crippen molar-refractivity contribution in [1.82, 2.24) is 4.90 Å². The van der Waals surface area contributed by atoms with E-state index in [1.807, 2.05) is 6.92 Å². The minimum Gasteiger partial charge on any atom is -0.479 e. The molecule has 0 aliphatic carbocycles.